The topological polar surface area (TPSA) is 38.3 Å². The second-order valence-corrected chi connectivity index (χ2v) is 5.54. The van der Waals surface area contributed by atoms with E-state index in [1.807, 2.05) is 0 Å². The number of fused-ring (bicyclic) bond motifs is 1. The number of nitrogens with one attached hydrogen (secondary N) is 1. The summed E-state index contributed by atoms with van der Waals surface area (Å²) in [4.78, 5) is 12.4. The van der Waals surface area contributed by atoms with Crippen molar-refractivity contribution in [2.75, 3.05) is 19.0 Å². The maximum absolute atomic E-state index is 13.8. The molecule has 0 saturated heterocycles. The van der Waals surface area contributed by atoms with Crippen LogP contribution in [0.2, 0.25) is 0 Å². The number of methoxy groups -OCH3 is 1. The van der Waals surface area contributed by atoms with Crippen molar-refractivity contribution in [3.63, 3.8) is 0 Å². The van der Waals surface area contributed by atoms with Crippen LogP contribution in [0.15, 0.2) is 36.4 Å². The first-order chi connectivity index (χ1) is 10.2. The minimum Gasteiger partial charge on any atom is -0.383 e. The molecular formula is C16H17BrFNO2. The number of amides is 1. The number of alkyl halides is 1. The molecule has 0 aromatic heterocycles. The Balaban J connectivity index is 2.29. The number of rotatable bonds is 6. The van der Waals surface area contributed by atoms with E-state index in [9.17, 15) is 9.18 Å². The molecule has 0 fully saturated rings. The first-order valence-electron chi connectivity index (χ1n) is 6.70. The molecule has 0 aliphatic carbocycles. The monoisotopic (exact) mass is 353 g/mol. The van der Waals surface area contributed by atoms with E-state index in [1.54, 1.807) is 31.4 Å². The molecule has 0 aliphatic rings. The molecule has 5 heteroatoms. The van der Waals surface area contributed by atoms with Crippen LogP contribution in [0.1, 0.15) is 16.8 Å². The summed E-state index contributed by atoms with van der Waals surface area (Å²) in [6.07, 6.45) is 0.763. The molecule has 0 spiro atoms. The lowest BCUT2D eigenvalue weighted by atomic mass is 10.0. The van der Waals surface area contributed by atoms with Gasteiger partial charge in [-0.2, -0.15) is 0 Å². The molecule has 1 amide bonds. The second kappa shape index (κ2) is 7.52. The van der Waals surface area contributed by atoms with E-state index in [0.717, 1.165) is 11.8 Å². The highest BCUT2D eigenvalue weighted by molar-refractivity contribution is 9.09. The van der Waals surface area contributed by atoms with E-state index in [2.05, 4.69) is 21.2 Å². The fourth-order valence-electron chi connectivity index (χ4n) is 2.25. The van der Waals surface area contributed by atoms with E-state index < -0.39 is 0 Å². The van der Waals surface area contributed by atoms with Crippen LogP contribution in [0.5, 0.6) is 0 Å². The SMILES string of the molecule is COCC(CCBr)NC(=O)c1ccc(F)c2ccccc12. The van der Waals surface area contributed by atoms with Gasteiger partial charge in [-0.3, -0.25) is 4.79 Å². The summed E-state index contributed by atoms with van der Waals surface area (Å²) < 4.78 is 18.9. The van der Waals surface area contributed by atoms with Crippen LogP contribution in [0.4, 0.5) is 4.39 Å². The van der Waals surface area contributed by atoms with Gasteiger partial charge < -0.3 is 10.1 Å². The number of carbonyl (C=O) groups excluding carboxylic acids is 1. The summed E-state index contributed by atoms with van der Waals surface area (Å²) >= 11 is 3.36. The fourth-order valence-corrected chi connectivity index (χ4v) is 2.81. The van der Waals surface area contributed by atoms with Gasteiger partial charge in [0, 0.05) is 23.4 Å². The fraction of sp³-hybridized carbons (Fsp3) is 0.312. The lowest BCUT2D eigenvalue weighted by Crippen LogP contribution is -2.38. The highest BCUT2D eigenvalue weighted by Gasteiger charge is 2.16. The maximum atomic E-state index is 13.8. The minimum atomic E-state index is -0.323. The predicted molar refractivity (Wildman–Crippen MR) is 85.4 cm³/mol. The van der Waals surface area contributed by atoms with Crippen molar-refractivity contribution in [2.45, 2.75) is 12.5 Å². The number of benzene rings is 2. The molecule has 0 radical (unpaired) electrons. The molecular weight excluding hydrogens is 337 g/mol. The van der Waals surface area contributed by atoms with Gasteiger partial charge >= 0.3 is 0 Å². The number of hydrogen-bond acceptors (Lipinski definition) is 2. The van der Waals surface area contributed by atoms with Crippen molar-refractivity contribution >= 4 is 32.6 Å². The molecule has 0 heterocycles. The van der Waals surface area contributed by atoms with Crippen molar-refractivity contribution in [1.82, 2.24) is 5.32 Å². The summed E-state index contributed by atoms with van der Waals surface area (Å²) in [6, 6.07) is 9.74. The zero-order chi connectivity index (χ0) is 15.2. The lowest BCUT2D eigenvalue weighted by Gasteiger charge is -2.17. The predicted octanol–water partition coefficient (Wildman–Crippen LogP) is 3.51. The highest BCUT2D eigenvalue weighted by atomic mass is 79.9. The average molecular weight is 354 g/mol. The van der Waals surface area contributed by atoms with Crippen LogP contribution in [0.3, 0.4) is 0 Å². The van der Waals surface area contributed by atoms with Crippen molar-refractivity contribution in [3.05, 3.63) is 47.8 Å². The van der Waals surface area contributed by atoms with Crippen LogP contribution in [0.25, 0.3) is 10.8 Å². The smallest absolute Gasteiger partial charge is 0.252 e. The Morgan fingerprint density at radius 2 is 2.00 bits per heavy atom. The van der Waals surface area contributed by atoms with Gasteiger partial charge in [-0.25, -0.2) is 4.39 Å². The summed E-state index contributed by atoms with van der Waals surface area (Å²) in [5, 5.41) is 4.77. The standard InChI is InChI=1S/C16H17BrFNO2/c1-21-10-11(8-9-17)19-16(20)14-6-7-15(18)13-5-3-2-4-12(13)14/h2-7,11H,8-10H2,1H3,(H,19,20). The second-order valence-electron chi connectivity index (χ2n) is 4.74. The van der Waals surface area contributed by atoms with Gasteiger partial charge in [-0.1, -0.05) is 40.2 Å². The Labute approximate surface area is 131 Å². The number of carbonyl (C=O) groups is 1. The molecule has 21 heavy (non-hydrogen) atoms. The number of halogens is 2. The molecule has 0 saturated carbocycles. The molecule has 2 aromatic rings. The van der Waals surface area contributed by atoms with E-state index in [1.165, 1.54) is 12.1 Å². The van der Waals surface area contributed by atoms with Crippen LogP contribution in [-0.2, 0) is 4.74 Å². The number of hydrogen-bond donors (Lipinski definition) is 1. The van der Waals surface area contributed by atoms with E-state index in [-0.39, 0.29) is 17.8 Å². The van der Waals surface area contributed by atoms with Gasteiger partial charge in [0.1, 0.15) is 5.82 Å². The minimum absolute atomic E-state index is 0.0781. The summed E-state index contributed by atoms with van der Waals surface area (Å²) in [6.45, 7) is 0.441. The van der Waals surface area contributed by atoms with Gasteiger partial charge in [-0.05, 0) is 23.9 Å². The van der Waals surface area contributed by atoms with Crippen molar-refractivity contribution in [2.24, 2.45) is 0 Å². The Bertz CT molecular complexity index is 627. The first kappa shape index (κ1) is 15.9. The Morgan fingerprint density at radius 3 is 2.67 bits per heavy atom. The molecule has 2 rings (SSSR count). The normalized spacial score (nSPS) is 12.3. The van der Waals surface area contributed by atoms with Crippen molar-refractivity contribution in [3.8, 4) is 0 Å². The zero-order valence-corrected chi connectivity index (χ0v) is 13.3. The summed E-state index contributed by atoms with van der Waals surface area (Å²) in [5.41, 5.74) is 0.475. The molecule has 1 unspecified atom stereocenters. The molecule has 1 atom stereocenters. The van der Waals surface area contributed by atoms with Gasteiger partial charge in [0.15, 0.2) is 0 Å². The van der Waals surface area contributed by atoms with Gasteiger partial charge in [0.05, 0.1) is 12.6 Å². The van der Waals surface area contributed by atoms with Crippen molar-refractivity contribution in [1.29, 1.82) is 0 Å². The van der Waals surface area contributed by atoms with Crippen LogP contribution < -0.4 is 5.32 Å². The van der Waals surface area contributed by atoms with Gasteiger partial charge in [0.25, 0.3) is 5.91 Å². The van der Waals surface area contributed by atoms with E-state index >= 15 is 0 Å². The summed E-state index contributed by atoms with van der Waals surface area (Å²) in [7, 11) is 1.60. The van der Waals surface area contributed by atoms with Crippen LogP contribution in [-0.4, -0.2) is 31.0 Å². The molecule has 0 aliphatic heterocycles. The first-order valence-corrected chi connectivity index (χ1v) is 7.82. The Hall–Kier alpha value is -1.46. The zero-order valence-electron chi connectivity index (χ0n) is 11.7. The average Bonchev–Trinajstić information content (AvgIpc) is 2.48. The highest BCUT2D eigenvalue weighted by Crippen LogP contribution is 2.22. The Morgan fingerprint density at radius 1 is 1.29 bits per heavy atom. The largest absolute Gasteiger partial charge is 0.383 e. The maximum Gasteiger partial charge on any atom is 0.252 e. The van der Waals surface area contributed by atoms with E-state index in [0.29, 0.717) is 22.9 Å². The van der Waals surface area contributed by atoms with Gasteiger partial charge in [0.2, 0.25) is 0 Å². The van der Waals surface area contributed by atoms with Crippen LogP contribution in [0, 0.1) is 5.82 Å². The molecule has 3 nitrogen and oxygen atoms in total. The summed E-state index contributed by atoms with van der Waals surface area (Å²) in [5.74, 6) is -0.537. The number of ether oxygens (including phenoxy) is 1. The van der Waals surface area contributed by atoms with E-state index in [4.69, 9.17) is 4.74 Å². The molecule has 1 N–H and O–H groups in total. The third-order valence-electron chi connectivity index (χ3n) is 3.28. The van der Waals surface area contributed by atoms with Crippen LogP contribution >= 0.6 is 15.9 Å². The lowest BCUT2D eigenvalue weighted by molar-refractivity contribution is 0.0897. The third kappa shape index (κ3) is 3.80. The molecule has 2 aromatic carbocycles. The third-order valence-corrected chi connectivity index (χ3v) is 3.73. The Kier molecular flexibility index (Phi) is 5.70. The van der Waals surface area contributed by atoms with Crippen molar-refractivity contribution < 1.29 is 13.9 Å². The molecule has 112 valence electrons. The van der Waals surface area contributed by atoms with Gasteiger partial charge in [-0.15, -0.1) is 0 Å². The quantitative estimate of drug-likeness (QED) is 0.807. The molecule has 0 bridgehead atoms.